The number of ketones is 1. The predicted molar refractivity (Wildman–Crippen MR) is 116 cm³/mol. The lowest BCUT2D eigenvalue weighted by Crippen LogP contribution is -2.24. The van der Waals surface area contributed by atoms with Crippen molar-refractivity contribution >= 4 is 16.6 Å². The first kappa shape index (κ1) is 18.2. The van der Waals surface area contributed by atoms with E-state index in [0.29, 0.717) is 45.6 Å². The number of carbonyl (C=O) groups excluding carboxylic acids is 1. The Morgan fingerprint density at radius 3 is 2.03 bits per heavy atom. The van der Waals surface area contributed by atoms with Crippen LogP contribution in [0.3, 0.4) is 0 Å². The van der Waals surface area contributed by atoms with Crippen molar-refractivity contribution in [2.24, 2.45) is 0 Å². The SMILES string of the molecule is COc1cc2c3c(n(Cc4ccccc4)c(=O)c2cc1OC)-c1ccccc1C3=O. The lowest BCUT2D eigenvalue weighted by atomic mass is 10.0. The Balaban J connectivity index is 1.91. The zero-order valence-corrected chi connectivity index (χ0v) is 16.6. The minimum absolute atomic E-state index is 0.0837. The molecule has 0 unspecified atom stereocenters. The number of pyridine rings is 1. The van der Waals surface area contributed by atoms with Crippen molar-refractivity contribution in [2.45, 2.75) is 6.54 Å². The third-order valence-corrected chi connectivity index (χ3v) is 5.61. The number of rotatable bonds is 4. The fourth-order valence-electron chi connectivity index (χ4n) is 4.22. The summed E-state index contributed by atoms with van der Waals surface area (Å²) in [5.41, 5.74) is 3.39. The van der Waals surface area contributed by atoms with Crippen LogP contribution in [0.2, 0.25) is 0 Å². The summed E-state index contributed by atoms with van der Waals surface area (Å²) in [6.45, 7) is 0.369. The fourth-order valence-corrected chi connectivity index (χ4v) is 4.22. The maximum Gasteiger partial charge on any atom is 0.259 e. The summed E-state index contributed by atoms with van der Waals surface area (Å²) in [4.78, 5) is 27.0. The molecule has 1 aromatic heterocycles. The van der Waals surface area contributed by atoms with Gasteiger partial charge in [-0.2, -0.15) is 0 Å². The minimum atomic E-state index is -0.168. The lowest BCUT2D eigenvalue weighted by Gasteiger charge is -2.17. The quantitative estimate of drug-likeness (QED) is 0.454. The third-order valence-electron chi connectivity index (χ3n) is 5.61. The zero-order chi connectivity index (χ0) is 20.8. The van der Waals surface area contributed by atoms with Crippen LogP contribution in [0.4, 0.5) is 0 Å². The summed E-state index contributed by atoms with van der Waals surface area (Å²) in [7, 11) is 3.07. The number of hydrogen-bond donors (Lipinski definition) is 0. The van der Waals surface area contributed by atoms with Crippen LogP contribution in [-0.4, -0.2) is 24.6 Å². The van der Waals surface area contributed by atoms with Crippen LogP contribution in [0.1, 0.15) is 21.5 Å². The number of nitrogens with zero attached hydrogens (tertiary/aromatic N) is 1. The summed E-state index contributed by atoms with van der Waals surface area (Å²) >= 11 is 0. The topological polar surface area (TPSA) is 57.5 Å². The number of methoxy groups -OCH3 is 2. The first-order chi connectivity index (χ1) is 14.6. The van der Waals surface area contributed by atoms with Crippen LogP contribution in [0.15, 0.2) is 71.5 Å². The van der Waals surface area contributed by atoms with E-state index in [9.17, 15) is 9.59 Å². The van der Waals surface area contributed by atoms with Gasteiger partial charge in [0.1, 0.15) is 0 Å². The van der Waals surface area contributed by atoms with Gasteiger partial charge < -0.3 is 14.0 Å². The number of carbonyl (C=O) groups is 1. The molecule has 5 rings (SSSR count). The number of hydrogen-bond acceptors (Lipinski definition) is 4. The predicted octanol–water partition coefficient (Wildman–Crippen LogP) is 4.28. The molecule has 0 radical (unpaired) electrons. The van der Waals surface area contributed by atoms with E-state index in [-0.39, 0.29) is 11.3 Å². The van der Waals surface area contributed by atoms with Gasteiger partial charge in [0.2, 0.25) is 0 Å². The second-order valence-electron chi connectivity index (χ2n) is 7.23. The van der Waals surface area contributed by atoms with E-state index in [4.69, 9.17) is 9.47 Å². The van der Waals surface area contributed by atoms with E-state index in [1.165, 1.54) is 14.2 Å². The van der Waals surface area contributed by atoms with Crippen molar-refractivity contribution in [1.29, 1.82) is 0 Å². The smallest absolute Gasteiger partial charge is 0.259 e. The molecule has 0 amide bonds. The first-order valence-corrected chi connectivity index (χ1v) is 9.64. The summed E-state index contributed by atoms with van der Waals surface area (Å²) in [5.74, 6) is 0.854. The van der Waals surface area contributed by atoms with Gasteiger partial charge in [-0.1, -0.05) is 54.6 Å². The zero-order valence-electron chi connectivity index (χ0n) is 16.6. The summed E-state index contributed by atoms with van der Waals surface area (Å²) in [6, 6.07) is 20.6. The molecule has 5 heteroatoms. The molecule has 1 aliphatic rings. The average Bonchev–Trinajstić information content (AvgIpc) is 3.09. The highest BCUT2D eigenvalue weighted by Gasteiger charge is 2.33. The van der Waals surface area contributed by atoms with Crippen LogP contribution in [-0.2, 0) is 6.54 Å². The standard InChI is InChI=1S/C25H19NO4/c1-29-20-12-18-19(13-21(20)30-2)25(28)26(14-15-8-4-3-5-9-15)23-16-10-6-7-11-17(16)24(27)22(18)23/h3-13H,14H2,1-2H3. The fraction of sp³-hybridized carbons (Fsp3) is 0.120. The highest BCUT2D eigenvalue weighted by Crippen LogP contribution is 2.42. The van der Waals surface area contributed by atoms with E-state index >= 15 is 0 Å². The Morgan fingerprint density at radius 2 is 1.37 bits per heavy atom. The highest BCUT2D eigenvalue weighted by atomic mass is 16.5. The Labute approximate surface area is 173 Å². The van der Waals surface area contributed by atoms with Gasteiger partial charge in [-0.25, -0.2) is 0 Å². The molecular weight excluding hydrogens is 378 g/mol. The summed E-state index contributed by atoms with van der Waals surface area (Å²) < 4.78 is 12.5. The molecule has 1 aliphatic carbocycles. The number of benzene rings is 3. The maximum atomic E-state index is 13.6. The van der Waals surface area contributed by atoms with Crippen molar-refractivity contribution in [3.63, 3.8) is 0 Å². The lowest BCUT2D eigenvalue weighted by molar-refractivity contribution is 0.104. The third kappa shape index (κ3) is 2.55. The van der Waals surface area contributed by atoms with E-state index in [2.05, 4.69) is 0 Å². The van der Waals surface area contributed by atoms with E-state index in [0.717, 1.165) is 11.1 Å². The number of fused-ring (bicyclic) bond motifs is 5. The molecule has 0 N–H and O–H groups in total. The van der Waals surface area contributed by atoms with E-state index < -0.39 is 0 Å². The van der Waals surface area contributed by atoms with Gasteiger partial charge in [-0.15, -0.1) is 0 Å². The van der Waals surface area contributed by atoms with Crippen LogP contribution in [0, 0.1) is 0 Å². The van der Waals surface area contributed by atoms with Gasteiger partial charge in [-0.3, -0.25) is 9.59 Å². The number of aromatic nitrogens is 1. The molecule has 0 fully saturated rings. The molecule has 0 saturated heterocycles. The summed E-state index contributed by atoms with van der Waals surface area (Å²) in [5, 5.41) is 1.02. The normalized spacial score (nSPS) is 12.0. The maximum absolute atomic E-state index is 13.6. The molecule has 1 heterocycles. The van der Waals surface area contributed by atoms with Crippen molar-refractivity contribution in [3.8, 4) is 22.8 Å². The minimum Gasteiger partial charge on any atom is -0.493 e. The van der Waals surface area contributed by atoms with Crippen molar-refractivity contribution in [2.75, 3.05) is 14.2 Å². The molecule has 0 saturated carbocycles. The largest absolute Gasteiger partial charge is 0.493 e. The van der Waals surface area contributed by atoms with E-state index in [1.54, 1.807) is 16.7 Å². The monoisotopic (exact) mass is 397 g/mol. The van der Waals surface area contributed by atoms with Crippen LogP contribution in [0.5, 0.6) is 11.5 Å². The molecule has 5 nitrogen and oxygen atoms in total. The molecule has 4 aromatic rings. The molecule has 0 aliphatic heterocycles. The van der Waals surface area contributed by atoms with Gasteiger partial charge >= 0.3 is 0 Å². The molecule has 148 valence electrons. The summed E-state index contributed by atoms with van der Waals surface area (Å²) in [6.07, 6.45) is 0. The molecular formula is C25H19NO4. The molecule has 30 heavy (non-hydrogen) atoms. The second kappa shape index (κ2) is 6.88. The number of ether oxygens (including phenoxy) is 2. The van der Waals surface area contributed by atoms with Gasteiger partial charge in [0, 0.05) is 16.5 Å². The Bertz CT molecular complexity index is 1370. The molecule has 3 aromatic carbocycles. The Kier molecular flexibility index (Phi) is 4.17. The van der Waals surface area contributed by atoms with Gasteiger partial charge in [0.15, 0.2) is 17.3 Å². The van der Waals surface area contributed by atoms with Crippen LogP contribution in [0.25, 0.3) is 22.0 Å². The van der Waals surface area contributed by atoms with Crippen molar-refractivity contribution in [3.05, 3.63) is 93.8 Å². The van der Waals surface area contributed by atoms with Crippen LogP contribution >= 0.6 is 0 Å². The molecule has 0 bridgehead atoms. The van der Waals surface area contributed by atoms with Gasteiger partial charge in [0.25, 0.3) is 5.56 Å². The molecule has 0 atom stereocenters. The van der Waals surface area contributed by atoms with Gasteiger partial charge in [0.05, 0.1) is 37.4 Å². The highest BCUT2D eigenvalue weighted by molar-refractivity contribution is 6.26. The first-order valence-electron chi connectivity index (χ1n) is 9.64. The van der Waals surface area contributed by atoms with Gasteiger partial charge in [-0.05, 0) is 17.7 Å². The van der Waals surface area contributed by atoms with Crippen molar-refractivity contribution in [1.82, 2.24) is 4.57 Å². The second-order valence-corrected chi connectivity index (χ2v) is 7.23. The van der Waals surface area contributed by atoms with Crippen LogP contribution < -0.4 is 15.0 Å². The Morgan fingerprint density at radius 1 is 0.767 bits per heavy atom. The van der Waals surface area contributed by atoms with E-state index in [1.807, 2.05) is 54.6 Å². The Hall–Kier alpha value is -3.86. The average molecular weight is 397 g/mol. The molecule has 0 spiro atoms. The van der Waals surface area contributed by atoms with Crippen molar-refractivity contribution < 1.29 is 14.3 Å².